The molecule has 2 amide bonds. The van der Waals surface area contributed by atoms with Gasteiger partial charge >= 0.3 is 6.03 Å². The summed E-state index contributed by atoms with van der Waals surface area (Å²) in [5.41, 5.74) is 0.949. The number of rotatable bonds is 4. The summed E-state index contributed by atoms with van der Waals surface area (Å²) in [5.74, 6) is -0.673. The molecule has 0 saturated carbocycles. The molecule has 2 aliphatic rings. The summed E-state index contributed by atoms with van der Waals surface area (Å²) in [7, 11) is -4.16. The fourth-order valence-electron chi connectivity index (χ4n) is 2.96. The number of hydrogen-bond donors (Lipinski definition) is 3. The van der Waals surface area contributed by atoms with Crippen LogP contribution in [0.3, 0.4) is 0 Å². The van der Waals surface area contributed by atoms with Gasteiger partial charge in [0.25, 0.3) is 0 Å². The largest absolute Gasteiger partial charge is 0.504 e. The average Bonchev–Trinajstić information content (AvgIpc) is 2.92. The zero-order valence-electron chi connectivity index (χ0n) is 14.0. The van der Waals surface area contributed by atoms with Crippen LogP contribution in [0.2, 0.25) is 5.02 Å². The molecule has 1 saturated heterocycles. The van der Waals surface area contributed by atoms with E-state index in [1.807, 2.05) is 13.0 Å². The number of amides is 2. The minimum absolute atomic E-state index is 0.0950. The number of phenols is 1. The second-order valence-electron chi connectivity index (χ2n) is 6.37. The molecule has 1 fully saturated rings. The molecule has 3 N–H and O–H groups in total. The molecule has 3 rings (SSSR count). The molecule has 0 bridgehead atoms. The molecular formula is C16H19ClFN3O4S. The lowest BCUT2D eigenvalue weighted by atomic mass is 10.2. The van der Waals surface area contributed by atoms with E-state index in [2.05, 4.69) is 10.6 Å². The highest BCUT2D eigenvalue weighted by Crippen LogP contribution is 2.39. The molecule has 1 heterocycles. The summed E-state index contributed by atoms with van der Waals surface area (Å²) < 4.78 is 39.0. The first kappa shape index (κ1) is 18.9. The maximum atomic E-state index is 13.0. The van der Waals surface area contributed by atoms with Gasteiger partial charge in [0.05, 0.1) is 16.8 Å². The van der Waals surface area contributed by atoms with E-state index in [9.17, 15) is 22.7 Å². The van der Waals surface area contributed by atoms with Crippen LogP contribution in [0.1, 0.15) is 19.8 Å². The van der Waals surface area contributed by atoms with Gasteiger partial charge in [-0.15, -0.1) is 0 Å². The molecule has 1 aliphatic heterocycles. The average molecular weight is 404 g/mol. The van der Waals surface area contributed by atoms with E-state index in [0.717, 1.165) is 22.7 Å². The third kappa shape index (κ3) is 3.51. The van der Waals surface area contributed by atoms with Crippen molar-refractivity contribution in [3.63, 3.8) is 0 Å². The molecule has 1 aromatic carbocycles. The zero-order valence-corrected chi connectivity index (χ0v) is 15.6. The van der Waals surface area contributed by atoms with Gasteiger partial charge in [-0.2, -0.15) is 4.31 Å². The van der Waals surface area contributed by atoms with Gasteiger partial charge in [0.2, 0.25) is 10.0 Å². The fourth-order valence-corrected chi connectivity index (χ4v) is 5.04. The van der Waals surface area contributed by atoms with Crippen LogP contribution < -0.4 is 10.6 Å². The number of urea groups is 1. The summed E-state index contributed by atoms with van der Waals surface area (Å²) in [6, 6.07) is 1.90. The molecule has 1 aromatic rings. The first-order valence-corrected chi connectivity index (χ1v) is 9.92. The molecule has 1 unspecified atom stereocenters. The third-order valence-corrected chi connectivity index (χ3v) is 6.84. The Hall–Kier alpha value is -1.84. The number of phenolic OH excluding ortho intramolecular Hbond substituents is 1. The van der Waals surface area contributed by atoms with Crippen LogP contribution in [0, 0.1) is 0 Å². The first-order valence-electron chi connectivity index (χ1n) is 8.10. The summed E-state index contributed by atoms with van der Waals surface area (Å²) in [4.78, 5) is 11.6. The van der Waals surface area contributed by atoms with Gasteiger partial charge in [0.15, 0.2) is 5.75 Å². The van der Waals surface area contributed by atoms with Gasteiger partial charge in [-0.05, 0) is 31.9 Å². The van der Waals surface area contributed by atoms with Crippen molar-refractivity contribution in [2.45, 2.75) is 36.9 Å². The minimum Gasteiger partial charge on any atom is -0.504 e. The Kier molecular flexibility index (Phi) is 5.14. The fraction of sp³-hybridized carbons (Fsp3) is 0.438. The Bertz CT molecular complexity index is 868. The van der Waals surface area contributed by atoms with Gasteiger partial charge in [-0.1, -0.05) is 23.3 Å². The highest BCUT2D eigenvalue weighted by Gasteiger charge is 2.40. The number of nitrogens with zero attached hydrogens (tertiary/aromatic N) is 1. The third-order valence-electron chi connectivity index (χ3n) is 4.51. The van der Waals surface area contributed by atoms with E-state index in [1.54, 1.807) is 0 Å². The molecule has 7 nitrogen and oxygen atoms in total. The topological polar surface area (TPSA) is 98.7 Å². The molecule has 142 valence electrons. The Morgan fingerprint density at radius 3 is 2.65 bits per heavy atom. The highest BCUT2D eigenvalue weighted by molar-refractivity contribution is 7.89. The molecule has 10 heteroatoms. The van der Waals surface area contributed by atoms with Crippen molar-refractivity contribution in [2.75, 3.05) is 18.4 Å². The van der Waals surface area contributed by atoms with E-state index in [-0.39, 0.29) is 29.8 Å². The monoisotopic (exact) mass is 403 g/mol. The van der Waals surface area contributed by atoms with Crippen LogP contribution in [0.4, 0.5) is 14.9 Å². The van der Waals surface area contributed by atoms with Crippen molar-refractivity contribution in [2.24, 2.45) is 0 Å². The Balaban J connectivity index is 1.81. The lowest BCUT2D eigenvalue weighted by Gasteiger charge is -2.33. The smallest absolute Gasteiger partial charge is 0.319 e. The number of alkyl halides is 1. The van der Waals surface area contributed by atoms with E-state index in [1.165, 1.54) is 12.1 Å². The number of nitrogens with one attached hydrogen (secondary N) is 2. The summed E-state index contributed by atoms with van der Waals surface area (Å²) in [6.45, 7) is 1.33. The Morgan fingerprint density at radius 1 is 1.38 bits per heavy atom. The number of benzene rings is 1. The lowest BCUT2D eigenvalue weighted by molar-refractivity contribution is 0.141. The number of hydrogen-bond acceptors (Lipinski definition) is 4. The molecule has 1 atom stereocenters. The van der Waals surface area contributed by atoms with Crippen molar-refractivity contribution in [1.29, 1.82) is 0 Å². The number of halogens is 2. The van der Waals surface area contributed by atoms with Crippen molar-refractivity contribution in [3.05, 3.63) is 28.8 Å². The number of carbonyl (C=O) groups is 1. The van der Waals surface area contributed by atoms with Crippen molar-refractivity contribution in [1.82, 2.24) is 9.62 Å². The predicted octanol–water partition coefficient (Wildman–Crippen LogP) is 2.62. The van der Waals surface area contributed by atoms with E-state index >= 15 is 0 Å². The minimum atomic E-state index is -4.16. The van der Waals surface area contributed by atoms with Gasteiger partial charge in [-0.3, -0.25) is 0 Å². The Morgan fingerprint density at radius 2 is 2.08 bits per heavy atom. The van der Waals surface area contributed by atoms with Gasteiger partial charge in [-0.25, -0.2) is 17.6 Å². The van der Waals surface area contributed by atoms with Crippen LogP contribution in [0.5, 0.6) is 5.75 Å². The van der Waals surface area contributed by atoms with Crippen LogP contribution in [-0.2, 0) is 10.0 Å². The van der Waals surface area contributed by atoms with Gasteiger partial charge in [0, 0.05) is 13.1 Å². The summed E-state index contributed by atoms with van der Waals surface area (Å²) >= 11 is 5.95. The maximum Gasteiger partial charge on any atom is 0.319 e. The Labute approximate surface area is 155 Å². The molecule has 0 radical (unpaired) electrons. The number of allylic oxidation sites excluding steroid dienone is 1. The molecule has 0 aromatic heterocycles. The number of sulfonamides is 1. The number of carbonyl (C=O) groups excluding carboxylic acids is 1. The second kappa shape index (κ2) is 7.05. The standard InChI is InChI=1S/C16H19ClFN3O4S/c1-9-3-2-4-12(9)19-16(23)20-13-6-5-11(17)15(14(13)22)26(24,25)21-7-10(18)8-21/h3,5-6,10,12,22H,2,4,7-8H2,1H3,(H2,19,20,23). The van der Waals surface area contributed by atoms with Crippen LogP contribution in [0.15, 0.2) is 28.7 Å². The SMILES string of the molecule is CC1=CCCC1NC(=O)Nc1ccc(Cl)c(S(=O)(=O)N2CC(F)C2)c1O. The molecular weight excluding hydrogens is 385 g/mol. The number of anilines is 1. The quantitative estimate of drug-likeness (QED) is 0.531. The lowest BCUT2D eigenvalue weighted by Crippen LogP contribution is -2.51. The van der Waals surface area contributed by atoms with Crippen molar-refractivity contribution in [3.8, 4) is 5.75 Å². The predicted molar refractivity (Wildman–Crippen MR) is 95.7 cm³/mol. The van der Waals surface area contributed by atoms with Gasteiger partial charge < -0.3 is 15.7 Å². The summed E-state index contributed by atoms with van der Waals surface area (Å²) in [6.07, 6.45) is 2.45. The highest BCUT2D eigenvalue weighted by atomic mass is 35.5. The summed E-state index contributed by atoms with van der Waals surface area (Å²) in [5, 5.41) is 15.4. The molecule has 26 heavy (non-hydrogen) atoms. The second-order valence-corrected chi connectivity index (χ2v) is 8.65. The first-order chi connectivity index (χ1) is 12.2. The van der Waals surface area contributed by atoms with E-state index in [4.69, 9.17) is 11.6 Å². The van der Waals surface area contributed by atoms with E-state index < -0.39 is 32.9 Å². The van der Waals surface area contributed by atoms with Crippen LogP contribution >= 0.6 is 11.6 Å². The normalized spacial score (nSPS) is 21.2. The van der Waals surface area contributed by atoms with Crippen molar-refractivity contribution < 1.29 is 22.7 Å². The van der Waals surface area contributed by atoms with Crippen LogP contribution in [0.25, 0.3) is 0 Å². The number of aromatic hydroxyl groups is 1. The van der Waals surface area contributed by atoms with Crippen LogP contribution in [-0.4, -0.2) is 49.2 Å². The van der Waals surface area contributed by atoms with E-state index in [0.29, 0.717) is 0 Å². The molecule has 1 aliphatic carbocycles. The molecule has 0 spiro atoms. The maximum absolute atomic E-state index is 13.0. The van der Waals surface area contributed by atoms with Gasteiger partial charge in [0.1, 0.15) is 11.1 Å². The zero-order chi connectivity index (χ0) is 19.1. The van der Waals surface area contributed by atoms with Crippen molar-refractivity contribution >= 4 is 33.3 Å².